The molecule has 6 nitrogen and oxygen atoms in total. The van der Waals surface area contributed by atoms with Crippen LogP contribution in [0.5, 0.6) is 5.75 Å². The number of nitrogens with one attached hydrogen (secondary N) is 3. The van der Waals surface area contributed by atoms with E-state index in [4.69, 9.17) is 4.74 Å². The summed E-state index contributed by atoms with van der Waals surface area (Å²) in [6, 6.07) is 14.2. The minimum Gasteiger partial charge on any atom is -0.487 e. The molecule has 0 spiro atoms. The molecule has 2 aromatic carbocycles. The number of carbonyl (C=O) groups excluding carboxylic acids is 2. The summed E-state index contributed by atoms with van der Waals surface area (Å²) < 4.78 is 5.56. The quantitative estimate of drug-likeness (QED) is 0.408. The molecule has 0 atom stereocenters. The monoisotopic (exact) mass is 381 g/mol. The summed E-state index contributed by atoms with van der Waals surface area (Å²) in [5.74, 6) is 0.358. The Morgan fingerprint density at radius 1 is 1.11 bits per heavy atom. The highest BCUT2D eigenvalue weighted by molar-refractivity contribution is 5.96. The maximum absolute atomic E-state index is 12.2. The van der Waals surface area contributed by atoms with E-state index in [1.807, 2.05) is 24.3 Å². The van der Waals surface area contributed by atoms with Crippen LogP contribution in [0.4, 0.5) is 11.4 Å². The number of benzene rings is 2. The SMILES string of the molecule is C=CCOc1ccccc1NCC(=O)Nc1ccc(C(=O)NCCCC)cc1. The highest BCUT2D eigenvalue weighted by Crippen LogP contribution is 2.23. The molecule has 2 aromatic rings. The van der Waals surface area contributed by atoms with Crippen LogP contribution in [0.25, 0.3) is 0 Å². The van der Waals surface area contributed by atoms with Crippen molar-refractivity contribution >= 4 is 23.2 Å². The number of hydrogen-bond acceptors (Lipinski definition) is 4. The lowest BCUT2D eigenvalue weighted by atomic mass is 10.2. The van der Waals surface area contributed by atoms with Crippen LogP contribution < -0.4 is 20.7 Å². The van der Waals surface area contributed by atoms with Gasteiger partial charge in [-0.1, -0.05) is 38.1 Å². The van der Waals surface area contributed by atoms with Gasteiger partial charge in [-0.2, -0.15) is 0 Å². The predicted molar refractivity (Wildman–Crippen MR) is 113 cm³/mol. The smallest absolute Gasteiger partial charge is 0.251 e. The summed E-state index contributed by atoms with van der Waals surface area (Å²) in [7, 11) is 0. The molecule has 3 N–H and O–H groups in total. The Morgan fingerprint density at radius 3 is 2.57 bits per heavy atom. The van der Waals surface area contributed by atoms with Gasteiger partial charge in [0.1, 0.15) is 12.4 Å². The van der Waals surface area contributed by atoms with Gasteiger partial charge < -0.3 is 20.7 Å². The lowest BCUT2D eigenvalue weighted by Gasteiger charge is -2.12. The molecule has 0 radical (unpaired) electrons. The first-order valence-corrected chi connectivity index (χ1v) is 9.38. The third-order valence-electron chi connectivity index (χ3n) is 3.93. The van der Waals surface area contributed by atoms with E-state index in [0.29, 0.717) is 30.2 Å². The molecule has 0 saturated heterocycles. The summed E-state index contributed by atoms with van der Waals surface area (Å²) in [6.07, 6.45) is 3.65. The number of unbranched alkanes of at least 4 members (excludes halogenated alkanes) is 1. The van der Waals surface area contributed by atoms with Crippen LogP contribution in [0.1, 0.15) is 30.1 Å². The Bertz CT molecular complexity index is 788. The maximum Gasteiger partial charge on any atom is 0.251 e. The first-order valence-electron chi connectivity index (χ1n) is 9.38. The second kappa shape index (κ2) is 11.4. The standard InChI is InChI=1S/C22H27N3O3/c1-3-5-14-23-22(27)17-10-12-18(13-11-17)25-21(26)16-24-19-8-6-7-9-20(19)28-15-4-2/h4,6-13,24H,2-3,5,14-16H2,1H3,(H,23,27)(H,25,26). The third-order valence-corrected chi connectivity index (χ3v) is 3.93. The molecule has 0 unspecified atom stereocenters. The maximum atomic E-state index is 12.2. The Hall–Kier alpha value is -3.28. The number of carbonyl (C=O) groups is 2. The van der Waals surface area contributed by atoms with Gasteiger partial charge in [0.2, 0.25) is 5.91 Å². The average Bonchev–Trinajstić information content (AvgIpc) is 2.72. The topological polar surface area (TPSA) is 79.5 Å². The molecule has 0 saturated carbocycles. The second-order valence-electron chi connectivity index (χ2n) is 6.18. The van der Waals surface area contributed by atoms with Gasteiger partial charge in [-0.25, -0.2) is 0 Å². The van der Waals surface area contributed by atoms with Crippen molar-refractivity contribution in [2.45, 2.75) is 19.8 Å². The Labute approximate surface area is 166 Å². The normalized spacial score (nSPS) is 10.0. The number of rotatable bonds is 11. The lowest BCUT2D eigenvalue weighted by molar-refractivity contribution is -0.114. The van der Waals surface area contributed by atoms with Crippen LogP contribution in [0.2, 0.25) is 0 Å². The summed E-state index contributed by atoms with van der Waals surface area (Å²) in [5.41, 5.74) is 1.94. The van der Waals surface area contributed by atoms with Crippen molar-refractivity contribution in [3.05, 3.63) is 66.7 Å². The number of amides is 2. The fraction of sp³-hybridized carbons (Fsp3) is 0.273. The zero-order valence-electron chi connectivity index (χ0n) is 16.2. The summed E-state index contributed by atoms with van der Waals surface area (Å²) in [4.78, 5) is 24.2. The first-order chi connectivity index (χ1) is 13.6. The number of hydrogen-bond donors (Lipinski definition) is 3. The molecule has 6 heteroatoms. The van der Waals surface area contributed by atoms with Crippen molar-refractivity contribution in [1.29, 1.82) is 0 Å². The van der Waals surface area contributed by atoms with Gasteiger partial charge in [0.05, 0.1) is 12.2 Å². The van der Waals surface area contributed by atoms with E-state index in [-0.39, 0.29) is 18.4 Å². The molecular formula is C22H27N3O3. The molecule has 0 heterocycles. The van der Waals surface area contributed by atoms with Crippen LogP contribution in [0.3, 0.4) is 0 Å². The van der Waals surface area contributed by atoms with E-state index >= 15 is 0 Å². The molecule has 28 heavy (non-hydrogen) atoms. The fourth-order valence-corrected chi connectivity index (χ4v) is 2.45. The molecule has 0 aliphatic heterocycles. The molecule has 0 aromatic heterocycles. The predicted octanol–water partition coefficient (Wildman–Crippen LogP) is 3.83. The van der Waals surface area contributed by atoms with Gasteiger partial charge >= 0.3 is 0 Å². The number of ether oxygens (including phenoxy) is 1. The van der Waals surface area contributed by atoms with Crippen LogP contribution in [-0.4, -0.2) is 31.5 Å². The van der Waals surface area contributed by atoms with Crippen molar-refractivity contribution < 1.29 is 14.3 Å². The second-order valence-corrected chi connectivity index (χ2v) is 6.18. The molecule has 0 fully saturated rings. The number of para-hydroxylation sites is 2. The van der Waals surface area contributed by atoms with E-state index in [1.165, 1.54) is 0 Å². The molecular weight excluding hydrogens is 354 g/mol. The van der Waals surface area contributed by atoms with Crippen LogP contribution in [0.15, 0.2) is 61.2 Å². The van der Waals surface area contributed by atoms with E-state index in [9.17, 15) is 9.59 Å². The van der Waals surface area contributed by atoms with E-state index < -0.39 is 0 Å². The molecule has 0 aliphatic rings. The van der Waals surface area contributed by atoms with Gasteiger partial charge in [-0.3, -0.25) is 9.59 Å². The molecule has 0 bridgehead atoms. The van der Waals surface area contributed by atoms with Crippen LogP contribution in [0, 0.1) is 0 Å². The highest BCUT2D eigenvalue weighted by atomic mass is 16.5. The van der Waals surface area contributed by atoms with E-state index in [1.54, 1.807) is 30.3 Å². The van der Waals surface area contributed by atoms with E-state index in [0.717, 1.165) is 18.5 Å². The minimum absolute atomic E-state index is 0.0910. The average molecular weight is 381 g/mol. The Kier molecular flexibility index (Phi) is 8.59. The zero-order chi connectivity index (χ0) is 20.2. The minimum atomic E-state index is -0.196. The molecule has 2 rings (SSSR count). The van der Waals surface area contributed by atoms with Crippen molar-refractivity contribution in [3.8, 4) is 5.75 Å². The zero-order valence-corrected chi connectivity index (χ0v) is 16.2. The summed E-state index contributed by atoms with van der Waals surface area (Å²) in [6.45, 7) is 6.85. The fourth-order valence-electron chi connectivity index (χ4n) is 2.45. The first kappa shape index (κ1) is 21.0. The van der Waals surface area contributed by atoms with Gasteiger partial charge in [-0.15, -0.1) is 0 Å². The van der Waals surface area contributed by atoms with Crippen molar-refractivity contribution in [3.63, 3.8) is 0 Å². The van der Waals surface area contributed by atoms with Gasteiger partial charge in [0, 0.05) is 17.8 Å². The van der Waals surface area contributed by atoms with E-state index in [2.05, 4.69) is 29.5 Å². The van der Waals surface area contributed by atoms with Crippen LogP contribution in [-0.2, 0) is 4.79 Å². The van der Waals surface area contributed by atoms with Gasteiger partial charge in [-0.05, 0) is 42.8 Å². The molecule has 0 aliphatic carbocycles. The third kappa shape index (κ3) is 6.79. The highest BCUT2D eigenvalue weighted by Gasteiger charge is 2.08. The van der Waals surface area contributed by atoms with Crippen molar-refractivity contribution in [1.82, 2.24) is 5.32 Å². The van der Waals surface area contributed by atoms with Crippen molar-refractivity contribution in [2.24, 2.45) is 0 Å². The summed E-state index contributed by atoms with van der Waals surface area (Å²) >= 11 is 0. The Morgan fingerprint density at radius 2 is 1.86 bits per heavy atom. The van der Waals surface area contributed by atoms with Gasteiger partial charge in [0.15, 0.2) is 0 Å². The Balaban J connectivity index is 1.85. The largest absolute Gasteiger partial charge is 0.487 e. The summed E-state index contributed by atoms with van der Waals surface area (Å²) in [5, 5.41) is 8.73. The lowest BCUT2D eigenvalue weighted by Crippen LogP contribution is -2.24. The molecule has 148 valence electrons. The molecule has 2 amide bonds. The van der Waals surface area contributed by atoms with Crippen molar-refractivity contribution in [2.75, 3.05) is 30.3 Å². The van der Waals surface area contributed by atoms with Crippen LogP contribution >= 0.6 is 0 Å². The number of anilines is 2. The van der Waals surface area contributed by atoms with Gasteiger partial charge in [0.25, 0.3) is 5.91 Å².